The number of carbonyl (C=O) groups excluding carboxylic acids is 1. The first-order valence-corrected chi connectivity index (χ1v) is 10.6. The van der Waals surface area contributed by atoms with Gasteiger partial charge in [-0.05, 0) is 31.5 Å². The maximum Gasteiger partial charge on any atom is 0.230 e. The molecule has 0 bridgehead atoms. The molecule has 0 spiro atoms. The van der Waals surface area contributed by atoms with Crippen LogP contribution in [0.25, 0.3) is 0 Å². The molecule has 3 rings (SSSR count). The highest BCUT2D eigenvalue weighted by Gasteiger charge is 2.19. The fourth-order valence-corrected chi connectivity index (χ4v) is 3.74. The summed E-state index contributed by atoms with van der Waals surface area (Å²) in [4.78, 5) is 12.3. The summed E-state index contributed by atoms with van der Waals surface area (Å²) in [6.07, 6.45) is -0.339. The maximum absolute atomic E-state index is 12.3. The molecule has 0 radical (unpaired) electrons. The van der Waals surface area contributed by atoms with Crippen molar-refractivity contribution in [2.75, 3.05) is 5.75 Å². The number of halogens is 1. The minimum Gasteiger partial charge on any atom is -0.481 e. The van der Waals surface area contributed by atoms with Crippen molar-refractivity contribution < 1.29 is 9.53 Å². The molecular formula is C21H23ClN4O2S. The lowest BCUT2D eigenvalue weighted by molar-refractivity contribution is -0.119. The van der Waals surface area contributed by atoms with Crippen molar-refractivity contribution in [3.63, 3.8) is 0 Å². The Balaban J connectivity index is 1.56. The molecule has 0 fully saturated rings. The standard InChI is InChI=1S/C21H23ClN4O2S/c1-14(16-9-5-4-6-10-16)23-19(27)13-29-21-25-24-20(26(21)3)15(2)28-18-12-8-7-11-17(18)22/h4-12,14-15H,13H2,1-3H3,(H,23,27)/t14-,15-/m0/s1. The first kappa shape index (κ1) is 21.2. The van der Waals surface area contributed by atoms with Gasteiger partial charge < -0.3 is 14.6 Å². The van der Waals surface area contributed by atoms with E-state index in [0.717, 1.165) is 5.56 Å². The molecule has 2 aromatic carbocycles. The number of hydrogen-bond donors (Lipinski definition) is 1. The second-order valence-corrected chi connectivity index (χ2v) is 7.93. The smallest absolute Gasteiger partial charge is 0.230 e. The number of ether oxygens (including phenoxy) is 1. The Hall–Kier alpha value is -2.51. The third kappa shape index (κ3) is 5.52. The van der Waals surface area contributed by atoms with E-state index in [0.29, 0.717) is 21.8 Å². The van der Waals surface area contributed by atoms with Crippen molar-refractivity contribution in [3.8, 4) is 5.75 Å². The molecule has 0 unspecified atom stereocenters. The van der Waals surface area contributed by atoms with Crippen molar-refractivity contribution in [3.05, 3.63) is 71.0 Å². The normalized spacial score (nSPS) is 13.0. The minimum atomic E-state index is -0.339. The fraction of sp³-hybridized carbons (Fsp3) is 0.286. The van der Waals surface area contributed by atoms with Crippen LogP contribution in [0.1, 0.15) is 37.4 Å². The van der Waals surface area contributed by atoms with Crippen LogP contribution < -0.4 is 10.1 Å². The van der Waals surface area contributed by atoms with Crippen LogP contribution in [0.5, 0.6) is 5.75 Å². The highest BCUT2D eigenvalue weighted by molar-refractivity contribution is 7.99. The first-order valence-electron chi connectivity index (χ1n) is 9.23. The number of amides is 1. The van der Waals surface area contributed by atoms with Crippen LogP contribution in [0.15, 0.2) is 59.8 Å². The van der Waals surface area contributed by atoms with Crippen molar-refractivity contribution in [2.45, 2.75) is 31.1 Å². The number of rotatable bonds is 8. The van der Waals surface area contributed by atoms with Crippen LogP contribution >= 0.6 is 23.4 Å². The molecule has 1 heterocycles. The number of thioether (sulfide) groups is 1. The van der Waals surface area contributed by atoms with E-state index in [-0.39, 0.29) is 23.8 Å². The summed E-state index contributed by atoms with van der Waals surface area (Å²) in [7, 11) is 1.86. The Bertz CT molecular complexity index is 964. The first-order chi connectivity index (χ1) is 14.0. The second-order valence-electron chi connectivity index (χ2n) is 6.58. The van der Waals surface area contributed by atoms with E-state index in [9.17, 15) is 4.79 Å². The lowest BCUT2D eigenvalue weighted by atomic mass is 10.1. The molecule has 1 aromatic heterocycles. The quantitative estimate of drug-likeness (QED) is 0.530. The molecule has 1 amide bonds. The Morgan fingerprint density at radius 3 is 2.55 bits per heavy atom. The molecule has 3 aromatic rings. The Morgan fingerprint density at radius 2 is 1.83 bits per heavy atom. The third-order valence-electron chi connectivity index (χ3n) is 4.38. The molecular weight excluding hydrogens is 408 g/mol. The fourth-order valence-electron chi connectivity index (χ4n) is 2.83. The van der Waals surface area contributed by atoms with E-state index in [4.69, 9.17) is 16.3 Å². The molecule has 8 heteroatoms. The predicted molar refractivity (Wildman–Crippen MR) is 115 cm³/mol. The molecule has 0 saturated heterocycles. The van der Waals surface area contributed by atoms with E-state index >= 15 is 0 Å². The van der Waals surface area contributed by atoms with Crippen molar-refractivity contribution >= 4 is 29.3 Å². The summed E-state index contributed by atoms with van der Waals surface area (Å²) >= 11 is 7.49. The van der Waals surface area contributed by atoms with E-state index in [1.165, 1.54) is 11.8 Å². The Morgan fingerprint density at radius 1 is 1.14 bits per heavy atom. The van der Waals surface area contributed by atoms with Crippen LogP contribution in [0.4, 0.5) is 0 Å². The molecule has 152 valence electrons. The van der Waals surface area contributed by atoms with Gasteiger partial charge in [-0.1, -0.05) is 65.8 Å². The number of benzene rings is 2. The van der Waals surface area contributed by atoms with Gasteiger partial charge in [0.15, 0.2) is 17.1 Å². The van der Waals surface area contributed by atoms with Gasteiger partial charge in [0, 0.05) is 7.05 Å². The molecule has 6 nitrogen and oxygen atoms in total. The number of aromatic nitrogens is 3. The zero-order valence-electron chi connectivity index (χ0n) is 16.5. The summed E-state index contributed by atoms with van der Waals surface area (Å²) < 4.78 is 7.74. The number of hydrogen-bond acceptors (Lipinski definition) is 5. The van der Waals surface area contributed by atoms with E-state index in [1.54, 1.807) is 6.07 Å². The number of nitrogens with zero attached hydrogens (tertiary/aromatic N) is 3. The topological polar surface area (TPSA) is 69.0 Å². The van der Waals surface area contributed by atoms with Gasteiger partial charge in [-0.25, -0.2) is 0 Å². The third-order valence-corrected chi connectivity index (χ3v) is 5.71. The van der Waals surface area contributed by atoms with Gasteiger partial charge in [-0.2, -0.15) is 0 Å². The van der Waals surface area contributed by atoms with Crippen molar-refractivity contribution in [1.82, 2.24) is 20.1 Å². The van der Waals surface area contributed by atoms with Gasteiger partial charge >= 0.3 is 0 Å². The molecule has 0 aliphatic carbocycles. The highest BCUT2D eigenvalue weighted by atomic mass is 35.5. The van der Waals surface area contributed by atoms with E-state index < -0.39 is 0 Å². The summed E-state index contributed by atoms with van der Waals surface area (Å²) in [5, 5.41) is 12.6. The summed E-state index contributed by atoms with van der Waals surface area (Å²) in [6, 6.07) is 17.1. The number of para-hydroxylation sites is 1. The van der Waals surface area contributed by atoms with Crippen molar-refractivity contribution in [1.29, 1.82) is 0 Å². The van der Waals surface area contributed by atoms with Crippen molar-refractivity contribution in [2.24, 2.45) is 7.05 Å². The number of carbonyl (C=O) groups is 1. The van der Waals surface area contributed by atoms with E-state index in [2.05, 4.69) is 15.5 Å². The largest absolute Gasteiger partial charge is 0.481 e. The monoisotopic (exact) mass is 430 g/mol. The highest BCUT2D eigenvalue weighted by Crippen LogP contribution is 2.29. The predicted octanol–water partition coefficient (Wildman–Crippen LogP) is 4.58. The average molecular weight is 431 g/mol. The molecule has 0 aliphatic heterocycles. The maximum atomic E-state index is 12.3. The lowest BCUT2D eigenvalue weighted by Crippen LogP contribution is -2.28. The summed E-state index contributed by atoms with van der Waals surface area (Å²) in [5.74, 6) is 1.44. The van der Waals surface area contributed by atoms with Crippen LogP contribution in [-0.4, -0.2) is 26.4 Å². The van der Waals surface area contributed by atoms with Crippen LogP contribution in [0.2, 0.25) is 5.02 Å². The zero-order chi connectivity index (χ0) is 20.8. The lowest BCUT2D eigenvalue weighted by Gasteiger charge is -2.15. The molecule has 0 saturated carbocycles. The molecule has 1 N–H and O–H groups in total. The van der Waals surface area contributed by atoms with Crippen LogP contribution in [0.3, 0.4) is 0 Å². The van der Waals surface area contributed by atoms with Gasteiger partial charge in [0.25, 0.3) is 0 Å². The van der Waals surface area contributed by atoms with Crippen LogP contribution in [0, 0.1) is 0 Å². The molecule has 29 heavy (non-hydrogen) atoms. The average Bonchev–Trinajstić information content (AvgIpc) is 3.09. The summed E-state index contributed by atoms with van der Waals surface area (Å²) in [6.45, 7) is 3.85. The Kier molecular flexibility index (Phi) is 7.17. The SMILES string of the molecule is C[C@H](NC(=O)CSc1nnc([C@H](C)Oc2ccccc2Cl)n1C)c1ccccc1. The van der Waals surface area contributed by atoms with Gasteiger partial charge in [0.05, 0.1) is 16.8 Å². The molecule has 0 aliphatic rings. The summed E-state index contributed by atoms with van der Waals surface area (Å²) in [5.41, 5.74) is 1.07. The van der Waals surface area contributed by atoms with Crippen LogP contribution in [-0.2, 0) is 11.8 Å². The van der Waals surface area contributed by atoms with Gasteiger partial charge in [-0.15, -0.1) is 10.2 Å². The van der Waals surface area contributed by atoms with Gasteiger partial charge in [0.2, 0.25) is 5.91 Å². The second kappa shape index (κ2) is 9.80. The van der Waals surface area contributed by atoms with Gasteiger partial charge in [0.1, 0.15) is 5.75 Å². The number of nitrogens with one attached hydrogen (secondary N) is 1. The minimum absolute atomic E-state index is 0.0524. The van der Waals surface area contributed by atoms with E-state index in [1.807, 2.05) is 74.0 Å². The Labute approximate surface area is 179 Å². The molecule has 2 atom stereocenters. The zero-order valence-corrected chi connectivity index (χ0v) is 18.1. The van der Waals surface area contributed by atoms with Gasteiger partial charge in [-0.3, -0.25) is 4.79 Å².